The van der Waals surface area contributed by atoms with Crippen molar-refractivity contribution in [2.45, 2.75) is 0 Å². The van der Waals surface area contributed by atoms with Crippen LogP contribution >= 0.6 is 11.6 Å². The molecule has 0 radical (unpaired) electrons. The normalized spacial score (nSPS) is 10.5. The van der Waals surface area contributed by atoms with Crippen LogP contribution in [0, 0.1) is 0 Å². The van der Waals surface area contributed by atoms with E-state index in [0.717, 1.165) is 5.56 Å². The highest BCUT2D eigenvalue weighted by Crippen LogP contribution is 2.24. The van der Waals surface area contributed by atoms with Gasteiger partial charge in [-0.2, -0.15) is 5.10 Å². The number of carbonyl (C=O) groups is 1. The van der Waals surface area contributed by atoms with E-state index in [1.807, 2.05) is 6.07 Å². The van der Waals surface area contributed by atoms with Gasteiger partial charge in [-0.15, -0.1) is 0 Å². The fourth-order valence-electron chi connectivity index (χ4n) is 1.58. The number of rotatable bonds is 4. The second-order valence-electron chi connectivity index (χ2n) is 3.96. The molecule has 0 saturated carbocycles. The SMILES string of the molecule is COc1ccc(/C=N/NC(=O)c2ccccc2)cc1Cl. The molecule has 2 aromatic carbocycles. The lowest BCUT2D eigenvalue weighted by molar-refractivity contribution is 0.0955. The summed E-state index contributed by atoms with van der Waals surface area (Å²) < 4.78 is 5.05. The molecule has 0 saturated heterocycles. The van der Waals surface area contributed by atoms with Crippen LogP contribution in [0.3, 0.4) is 0 Å². The van der Waals surface area contributed by atoms with Crippen LogP contribution in [0.2, 0.25) is 5.02 Å². The van der Waals surface area contributed by atoms with Gasteiger partial charge in [0, 0.05) is 5.56 Å². The molecule has 0 bridgehead atoms. The summed E-state index contributed by atoms with van der Waals surface area (Å²) in [7, 11) is 1.55. The Morgan fingerprint density at radius 2 is 2.00 bits per heavy atom. The Balaban J connectivity index is 2.00. The first-order valence-corrected chi connectivity index (χ1v) is 6.30. The van der Waals surface area contributed by atoms with Gasteiger partial charge in [0.1, 0.15) is 5.75 Å². The third-order valence-electron chi connectivity index (χ3n) is 2.59. The van der Waals surface area contributed by atoms with Gasteiger partial charge in [0.2, 0.25) is 0 Å². The molecule has 20 heavy (non-hydrogen) atoms. The summed E-state index contributed by atoms with van der Waals surface area (Å²) in [6.07, 6.45) is 1.52. The van der Waals surface area contributed by atoms with Gasteiger partial charge in [-0.05, 0) is 35.9 Å². The van der Waals surface area contributed by atoms with Crippen LogP contribution < -0.4 is 10.2 Å². The van der Waals surface area contributed by atoms with Gasteiger partial charge in [0.05, 0.1) is 18.3 Å². The molecule has 2 aromatic rings. The van der Waals surface area contributed by atoms with E-state index in [4.69, 9.17) is 16.3 Å². The Kier molecular flexibility index (Phi) is 4.74. The minimum Gasteiger partial charge on any atom is -0.495 e. The smallest absolute Gasteiger partial charge is 0.271 e. The third-order valence-corrected chi connectivity index (χ3v) is 2.89. The molecule has 1 N–H and O–H groups in total. The molecule has 0 aliphatic carbocycles. The van der Waals surface area contributed by atoms with Crippen molar-refractivity contribution < 1.29 is 9.53 Å². The van der Waals surface area contributed by atoms with E-state index in [9.17, 15) is 4.79 Å². The van der Waals surface area contributed by atoms with E-state index in [1.54, 1.807) is 49.6 Å². The average molecular weight is 289 g/mol. The number of halogens is 1. The van der Waals surface area contributed by atoms with E-state index in [2.05, 4.69) is 10.5 Å². The highest BCUT2D eigenvalue weighted by atomic mass is 35.5. The molecule has 0 aliphatic rings. The highest BCUT2D eigenvalue weighted by Gasteiger charge is 2.02. The van der Waals surface area contributed by atoms with Gasteiger partial charge in [0.15, 0.2) is 0 Å². The van der Waals surface area contributed by atoms with Crippen molar-refractivity contribution in [3.05, 3.63) is 64.7 Å². The molecular weight excluding hydrogens is 276 g/mol. The Morgan fingerprint density at radius 3 is 2.65 bits per heavy atom. The number of carbonyl (C=O) groups excluding carboxylic acids is 1. The summed E-state index contributed by atoms with van der Waals surface area (Å²) in [4.78, 5) is 11.7. The number of amides is 1. The molecule has 2 rings (SSSR count). The highest BCUT2D eigenvalue weighted by molar-refractivity contribution is 6.32. The molecule has 0 fully saturated rings. The van der Waals surface area contributed by atoms with Crippen molar-refractivity contribution in [1.29, 1.82) is 0 Å². The summed E-state index contributed by atoms with van der Waals surface area (Å²) >= 11 is 5.99. The van der Waals surface area contributed by atoms with Crippen molar-refractivity contribution in [1.82, 2.24) is 5.43 Å². The van der Waals surface area contributed by atoms with Gasteiger partial charge in [-0.3, -0.25) is 4.79 Å². The minimum absolute atomic E-state index is 0.263. The molecular formula is C15H13ClN2O2. The molecule has 0 heterocycles. The van der Waals surface area contributed by atoms with Crippen LogP contribution in [-0.4, -0.2) is 19.2 Å². The van der Waals surface area contributed by atoms with E-state index in [-0.39, 0.29) is 5.91 Å². The van der Waals surface area contributed by atoms with Gasteiger partial charge in [0.25, 0.3) is 5.91 Å². The lowest BCUT2D eigenvalue weighted by atomic mass is 10.2. The van der Waals surface area contributed by atoms with Gasteiger partial charge in [-0.1, -0.05) is 29.8 Å². The summed E-state index contributed by atoms with van der Waals surface area (Å²) in [6.45, 7) is 0. The monoisotopic (exact) mass is 288 g/mol. The number of benzene rings is 2. The number of hydrogen-bond donors (Lipinski definition) is 1. The zero-order chi connectivity index (χ0) is 14.4. The molecule has 1 amide bonds. The van der Waals surface area contributed by atoms with Gasteiger partial charge >= 0.3 is 0 Å². The number of hydrogen-bond acceptors (Lipinski definition) is 3. The zero-order valence-corrected chi connectivity index (χ0v) is 11.6. The quantitative estimate of drug-likeness (QED) is 0.694. The standard InChI is InChI=1S/C15H13ClN2O2/c1-20-14-8-7-11(9-13(14)16)10-17-18-15(19)12-5-3-2-4-6-12/h2-10H,1H3,(H,18,19)/b17-10+. The average Bonchev–Trinajstić information content (AvgIpc) is 2.48. The van der Waals surface area contributed by atoms with Gasteiger partial charge in [-0.25, -0.2) is 5.43 Å². The number of ether oxygens (including phenoxy) is 1. The lowest BCUT2D eigenvalue weighted by Crippen LogP contribution is -2.17. The predicted octanol–water partition coefficient (Wildman–Crippen LogP) is 3.11. The Hall–Kier alpha value is -2.33. The summed E-state index contributed by atoms with van der Waals surface area (Å²) in [5.41, 5.74) is 3.77. The van der Waals surface area contributed by atoms with Crippen molar-refractivity contribution >= 4 is 23.7 Å². The zero-order valence-electron chi connectivity index (χ0n) is 10.8. The first-order chi connectivity index (χ1) is 9.70. The van der Waals surface area contributed by atoms with E-state index in [1.165, 1.54) is 6.21 Å². The molecule has 0 atom stereocenters. The second-order valence-corrected chi connectivity index (χ2v) is 4.37. The molecule has 0 aliphatic heterocycles. The first kappa shape index (κ1) is 14.1. The van der Waals surface area contributed by atoms with Crippen molar-refractivity contribution in [2.75, 3.05) is 7.11 Å². The maximum Gasteiger partial charge on any atom is 0.271 e. The van der Waals surface area contributed by atoms with Crippen LogP contribution in [0.4, 0.5) is 0 Å². The van der Waals surface area contributed by atoms with Crippen molar-refractivity contribution in [2.24, 2.45) is 5.10 Å². The lowest BCUT2D eigenvalue weighted by Gasteiger charge is -2.03. The van der Waals surface area contributed by atoms with E-state index in [0.29, 0.717) is 16.3 Å². The maximum absolute atomic E-state index is 11.7. The molecule has 0 unspecified atom stereocenters. The Labute approximate surface area is 122 Å². The Bertz CT molecular complexity index is 627. The fourth-order valence-corrected chi connectivity index (χ4v) is 1.85. The first-order valence-electron chi connectivity index (χ1n) is 5.92. The second kappa shape index (κ2) is 6.73. The van der Waals surface area contributed by atoms with Crippen LogP contribution in [0.25, 0.3) is 0 Å². The fraction of sp³-hybridized carbons (Fsp3) is 0.0667. The van der Waals surface area contributed by atoms with Crippen LogP contribution in [0.5, 0.6) is 5.75 Å². The molecule has 5 heteroatoms. The van der Waals surface area contributed by atoms with Crippen LogP contribution in [0.1, 0.15) is 15.9 Å². The number of nitrogens with one attached hydrogen (secondary N) is 1. The molecule has 102 valence electrons. The van der Waals surface area contributed by atoms with Crippen molar-refractivity contribution in [3.63, 3.8) is 0 Å². The summed E-state index contributed by atoms with van der Waals surface area (Å²) in [5.74, 6) is 0.332. The van der Waals surface area contributed by atoms with Gasteiger partial charge < -0.3 is 4.74 Å². The Morgan fingerprint density at radius 1 is 1.25 bits per heavy atom. The third kappa shape index (κ3) is 3.59. The van der Waals surface area contributed by atoms with Crippen LogP contribution in [0.15, 0.2) is 53.6 Å². The van der Waals surface area contributed by atoms with E-state index < -0.39 is 0 Å². The van der Waals surface area contributed by atoms with Crippen LogP contribution in [-0.2, 0) is 0 Å². The molecule has 0 aromatic heterocycles. The summed E-state index contributed by atoms with van der Waals surface area (Å²) in [5, 5.41) is 4.38. The number of nitrogens with zero attached hydrogens (tertiary/aromatic N) is 1. The number of hydrazone groups is 1. The predicted molar refractivity (Wildman–Crippen MR) is 79.5 cm³/mol. The molecule has 0 spiro atoms. The summed E-state index contributed by atoms with van der Waals surface area (Å²) in [6, 6.07) is 14.1. The molecule has 4 nitrogen and oxygen atoms in total. The van der Waals surface area contributed by atoms with Crippen molar-refractivity contribution in [3.8, 4) is 5.75 Å². The largest absolute Gasteiger partial charge is 0.495 e. The minimum atomic E-state index is -0.263. The van der Waals surface area contributed by atoms with E-state index >= 15 is 0 Å². The number of methoxy groups -OCH3 is 1. The maximum atomic E-state index is 11.7. The topological polar surface area (TPSA) is 50.7 Å².